The number of hydrogen-bond donors (Lipinski definition) is 1. The summed E-state index contributed by atoms with van der Waals surface area (Å²) in [5, 5.41) is 11.7. The van der Waals surface area contributed by atoms with Crippen molar-refractivity contribution in [2.75, 3.05) is 11.2 Å². The molecule has 0 aliphatic carbocycles. The number of hydrogen-bond acceptors (Lipinski definition) is 2. The Morgan fingerprint density at radius 2 is 2.31 bits per heavy atom. The fourth-order valence-electron chi connectivity index (χ4n) is 1.02. The third-order valence-electron chi connectivity index (χ3n) is 2.03. The second kappa shape index (κ2) is 5.74. The van der Waals surface area contributed by atoms with Crippen molar-refractivity contribution < 1.29 is 4.79 Å². The van der Waals surface area contributed by atoms with E-state index in [0.29, 0.717) is 16.3 Å². The van der Waals surface area contributed by atoms with Gasteiger partial charge in [-0.05, 0) is 18.2 Å². The minimum Gasteiger partial charge on any atom is -0.324 e. The first-order valence-corrected chi connectivity index (χ1v) is 5.56. The van der Waals surface area contributed by atoms with Gasteiger partial charge < -0.3 is 5.32 Å². The fourth-order valence-corrected chi connectivity index (χ4v) is 1.32. The maximum Gasteiger partial charge on any atom is 0.228 e. The van der Waals surface area contributed by atoms with Crippen LogP contribution in [0.1, 0.15) is 12.5 Å². The predicted molar refractivity (Wildman–Crippen MR) is 64.7 cm³/mol. The van der Waals surface area contributed by atoms with E-state index >= 15 is 0 Å². The second-order valence-corrected chi connectivity index (χ2v) is 4.07. The minimum absolute atomic E-state index is 0.216. The van der Waals surface area contributed by atoms with E-state index in [9.17, 15) is 4.79 Å². The van der Waals surface area contributed by atoms with Gasteiger partial charge in [-0.1, -0.05) is 18.5 Å². The summed E-state index contributed by atoms with van der Waals surface area (Å²) in [6, 6.07) is 6.66. The molecule has 1 unspecified atom stereocenters. The van der Waals surface area contributed by atoms with Crippen LogP contribution < -0.4 is 5.32 Å². The van der Waals surface area contributed by atoms with Gasteiger partial charge in [-0.15, -0.1) is 11.6 Å². The van der Waals surface area contributed by atoms with Crippen molar-refractivity contribution in [2.24, 2.45) is 5.92 Å². The SMILES string of the molecule is CC(CCl)C(=O)Nc1cc(C#N)ccc1Cl. The lowest BCUT2D eigenvalue weighted by molar-refractivity contribution is -0.118. The molecule has 0 aliphatic rings. The molecule has 0 aliphatic heterocycles. The Labute approximate surface area is 104 Å². The molecule has 5 heteroatoms. The first kappa shape index (κ1) is 12.8. The zero-order valence-corrected chi connectivity index (χ0v) is 10.1. The number of amides is 1. The summed E-state index contributed by atoms with van der Waals surface area (Å²) in [6.07, 6.45) is 0. The van der Waals surface area contributed by atoms with E-state index in [4.69, 9.17) is 28.5 Å². The molecule has 3 nitrogen and oxygen atoms in total. The number of nitrogens with zero attached hydrogens (tertiary/aromatic N) is 1. The standard InChI is InChI=1S/C11H10Cl2N2O/c1-7(5-12)11(16)15-10-4-8(6-14)2-3-9(10)13/h2-4,7H,5H2,1H3,(H,15,16). The van der Waals surface area contributed by atoms with Crippen LogP contribution in [0.5, 0.6) is 0 Å². The van der Waals surface area contributed by atoms with Crippen molar-refractivity contribution in [1.82, 2.24) is 0 Å². The van der Waals surface area contributed by atoms with Crippen molar-refractivity contribution in [2.45, 2.75) is 6.92 Å². The number of nitrogens with one attached hydrogen (secondary N) is 1. The molecule has 1 atom stereocenters. The molecule has 0 saturated heterocycles. The number of halogens is 2. The topological polar surface area (TPSA) is 52.9 Å². The van der Waals surface area contributed by atoms with Gasteiger partial charge in [-0.25, -0.2) is 0 Å². The monoisotopic (exact) mass is 256 g/mol. The van der Waals surface area contributed by atoms with Crippen LogP contribution in [0.15, 0.2) is 18.2 Å². The highest BCUT2D eigenvalue weighted by molar-refractivity contribution is 6.33. The van der Waals surface area contributed by atoms with Gasteiger partial charge in [-0.3, -0.25) is 4.79 Å². The molecular formula is C11H10Cl2N2O. The molecule has 1 aromatic rings. The van der Waals surface area contributed by atoms with Gasteiger partial charge in [0, 0.05) is 11.8 Å². The maximum atomic E-state index is 11.6. The lowest BCUT2D eigenvalue weighted by Gasteiger charge is -2.10. The highest BCUT2D eigenvalue weighted by Gasteiger charge is 2.13. The van der Waals surface area contributed by atoms with Gasteiger partial charge in [0.05, 0.1) is 22.3 Å². The van der Waals surface area contributed by atoms with E-state index in [1.54, 1.807) is 19.1 Å². The first-order valence-electron chi connectivity index (χ1n) is 4.65. The number of nitriles is 1. The molecule has 1 aromatic carbocycles. The minimum atomic E-state index is -0.302. The number of benzene rings is 1. The molecular weight excluding hydrogens is 247 g/mol. The van der Waals surface area contributed by atoms with Gasteiger partial charge in [-0.2, -0.15) is 5.26 Å². The van der Waals surface area contributed by atoms with Crippen molar-refractivity contribution in [3.63, 3.8) is 0 Å². The molecule has 84 valence electrons. The molecule has 1 rings (SSSR count). The summed E-state index contributed by atoms with van der Waals surface area (Å²) in [7, 11) is 0. The molecule has 0 spiro atoms. The summed E-state index contributed by atoms with van der Waals surface area (Å²) in [5.74, 6) is -0.281. The lowest BCUT2D eigenvalue weighted by Crippen LogP contribution is -2.21. The van der Waals surface area contributed by atoms with Gasteiger partial charge in [0.2, 0.25) is 5.91 Å². The third kappa shape index (κ3) is 3.13. The smallest absolute Gasteiger partial charge is 0.228 e. The molecule has 16 heavy (non-hydrogen) atoms. The van der Waals surface area contributed by atoms with E-state index in [1.807, 2.05) is 6.07 Å². The Morgan fingerprint density at radius 3 is 2.88 bits per heavy atom. The Bertz CT molecular complexity index is 440. The van der Waals surface area contributed by atoms with E-state index in [2.05, 4.69) is 5.32 Å². The molecule has 0 bridgehead atoms. The number of anilines is 1. The van der Waals surface area contributed by atoms with E-state index in [1.165, 1.54) is 6.07 Å². The van der Waals surface area contributed by atoms with Crippen molar-refractivity contribution >= 4 is 34.8 Å². The third-order valence-corrected chi connectivity index (χ3v) is 2.82. The van der Waals surface area contributed by atoms with Gasteiger partial charge in [0.15, 0.2) is 0 Å². The number of carbonyl (C=O) groups excluding carboxylic acids is 1. The first-order chi connectivity index (χ1) is 7.58. The normalized spacial score (nSPS) is 11.6. The fraction of sp³-hybridized carbons (Fsp3) is 0.273. The molecule has 0 radical (unpaired) electrons. The number of carbonyl (C=O) groups is 1. The average molecular weight is 257 g/mol. The molecule has 0 saturated carbocycles. The summed E-state index contributed by atoms with van der Waals surface area (Å²) in [4.78, 5) is 11.6. The van der Waals surface area contributed by atoms with Crippen LogP contribution in [-0.4, -0.2) is 11.8 Å². The van der Waals surface area contributed by atoms with E-state index in [0.717, 1.165) is 0 Å². The summed E-state index contributed by atoms with van der Waals surface area (Å²) >= 11 is 11.5. The van der Waals surface area contributed by atoms with Crippen LogP contribution in [-0.2, 0) is 4.79 Å². The van der Waals surface area contributed by atoms with Gasteiger partial charge in [0.1, 0.15) is 0 Å². The molecule has 1 amide bonds. The van der Waals surface area contributed by atoms with Crippen LogP contribution in [0.25, 0.3) is 0 Å². The van der Waals surface area contributed by atoms with Crippen molar-refractivity contribution in [3.8, 4) is 6.07 Å². The highest BCUT2D eigenvalue weighted by atomic mass is 35.5. The van der Waals surface area contributed by atoms with Crippen LogP contribution in [0.4, 0.5) is 5.69 Å². The Morgan fingerprint density at radius 1 is 1.62 bits per heavy atom. The summed E-state index contributed by atoms with van der Waals surface area (Å²) in [6.45, 7) is 1.71. The van der Waals surface area contributed by atoms with E-state index in [-0.39, 0.29) is 17.7 Å². The largest absolute Gasteiger partial charge is 0.324 e. The molecule has 0 heterocycles. The zero-order valence-electron chi connectivity index (χ0n) is 8.63. The Balaban J connectivity index is 2.89. The highest BCUT2D eigenvalue weighted by Crippen LogP contribution is 2.23. The quantitative estimate of drug-likeness (QED) is 0.846. The van der Waals surface area contributed by atoms with E-state index < -0.39 is 0 Å². The van der Waals surface area contributed by atoms with Crippen molar-refractivity contribution in [1.29, 1.82) is 5.26 Å². The summed E-state index contributed by atoms with van der Waals surface area (Å²) in [5.41, 5.74) is 0.876. The zero-order chi connectivity index (χ0) is 12.1. The second-order valence-electron chi connectivity index (χ2n) is 3.35. The van der Waals surface area contributed by atoms with Gasteiger partial charge >= 0.3 is 0 Å². The summed E-state index contributed by atoms with van der Waals surface area (Å²) < 4.78 is 0. The van der Waals surface area contributed by atoms with Crippen molar-refractivity contribution in [3.05, 3.63) is 28.8 Å². The van der Waals surface area contributed by atoms with Crippen LogP contribution in [0.3, 0.4) is 0 Å². The Hall–Kier alpha value is -1.24. The van der Waals surface area contributed by atoms with Gasteiger partial charge in [0.25, 0.3) is 0 Å². The van der Waals surface area contributed by atoms with Crippen LogP contribution >= 0.6 is 23.2 Å². The Kier molecular flexibility index (Phi) is 4.60. The van der Waals surface area contributed by atoms with Crippen LogP contribution in [0, 0.1) is 17.2 Å². The predicted octanol–water partition coefficient (Wildman–Crippen LogP) is 3.03. The van der Waals surface area contributed by atoms with Crippen LogP contribution in [0.2, 0.25) is 5.02 Å². The molecule has 0 fully saturated rings. The number of rotatable bonds is 3. The maximum absolute atomic E-state index is 11.6. The lowest BCUT2D eigenvalue weighted by atomic mass is 10.1. The average Bonchev–Trinajstić information content (AvgIpc) is 2.30. The number of alkyl halides is 1. The molecule has 1 N–H and O–H groups in total. The molecule has 0 aromatic heterocycles.